The largest absolute Gasteiger partial charge is 0.476 e. The molecule has 4 aliphatic rings. The van der Waals surface area contributed by atoms with Gasteiger partial charge in [0.15, 0.2) is 5.60 Å². The number of nitrogens with zero attached hydrogens (tertiary/aromatic N) is 3. The number of fused-ring (bicyclic) bond motifs is 2. The van der Waals surface area contributed by atoms with Crippen molar-refractivity contribution >= 4 is 35.2 Å². The molecule has 0 bridgehead atoms. The molecule has 0 aromatic heterocycles. The second-order valence-electron chi connectivity index (χ2n) is 15.3. The maximum atomic E-state index is 14.6. The number of carbonyl (C=O) groups excluding carboxylic acids is 4. The van der Waals surface area contributed by atoms with Crippen LogP contribution < -0.4 is 19.9 Å². The van der Waals surface area contributed by atoms with E-state index in [0.29, 0.717) is 43.1 Å². The second-order valence-corrected chi connectivity index (χ2v) is 15.3. The molecule has 1 saturated carbocycles. The predicted molar refractivity (Wildman–Crippen MR) is 188 cm³/mol. The highest BCUT2D eigenvalue weighted by Gasteiger charge is 2.45. The van der Waals surface area contributed by atoms with Crippen LogP contribution in [0.2, 0.25) is 0 Å². The number of carbonyl (C=O) groups is 4. The number of hydrogen-bond acceptors (Lipinski definition) is 7. The van der Waals surface area contributed by atoms with Crippen LogP contribution in [0.3, 0.4) is 0 Å². The van der Waals surface area contributed by atoms with Crippen molar-refractivity contribution in [3.63, 3.8) is 0 Å². The minimum atomic E-state index is -1.03. The van der Waals surface area contributed by atoms with Crippen LogP contribution in [0.1, 0.15) is 85.3 Å². The molecule has 6 rings (SSSR count). The Labute approximate surface area is 290 Å². The number of nitrogens with one attached hydrogen (secondary N) is 1. The van der Waals surface area contributed by atoms with Crippen LogP contribution in [0.4, 0.5) is 16.2 Å². The monoisotopic (exact) mass is 676 g/mol. The van der Waals surface area contributed by atoms with Crippen LogP contribution in [0.5, 0.6) is 5.75 Å². The number of ether oxygens (including phenoxy) is 3. The number of amides is 4. The maximum Gasteiger partial charge on any atom is 0.410 e. The van der Waals surface area contributed by atoms with Gasteiger partial charge in [0.1, 0.15) is 11.4 Å². The van der Waals surface area contributed by atoms with Gasteiger partial charge in [-0.2, -0.15) is 0 Å². The van der Waals surface area contributed by atoms with E-state index in [-0.39, 0.29) is 44.3 Å². The first kappa shape index (κ1) is 34.7. The van der Waals surface area contributed by atoms with E-state index in [2.05, 4.69) is 17.4 Å². The molecule has 11 nitrogen and oxygen atoms in total. The highest BCUT2D eigenvalue weighted by atomic mass is 16.6. The van der Waals surface area contributed by atoms with Crippen LogP contribution in [0.25, 0.3) is 0 Å². The fraction of sp³-hybridized carbons (Fsp3) is 0.579. The van der Waals surface area contributed by atoms with Gasteiger partial charge in [0.25, 0.3) is 5.91 Å². The summed E-state index contributed by atoms with van der Waals surface area (Å²) in [7, 11) is 1.63. The first-order valence-corrected chi connectivity index (χ1v) is 17.6. The minimum absolute atomic E-state index is 0. The summed E-state index contributed by atoms with van der Waals surface area (Å²) in [5.41, 5.74) is 1.88. The Bertz CT molecular complexity index is 1600. The smallest absolute Gasteiger partial charge is 0.410 e. The van der Waals surface area contributed by atoms with Crippen LogP contribution in [-0.4, -0.2) is 79.3 Å². The first-order chi connectivity index (χ1) is 23.3. The molecule has 3 atom stereocenters. The SMILES string of the molecule is COCCCN1C(=O)C(C)(C)Oc2ccc(N(C(=O)[C@@H]3C[C@H](C(=O)N[C@@H]4CCc5ccccc54)CN(C(=O)OC(C)(C)C)C3)C3CC3)cc21.[HH]. The number of rotatable bonds is 9. The normalized spacial score (nSPS) is 22.9. The van der Waals surface area contributed by atoms with E-state index in [1.807, 2.05) is 35.2 Å². The van der Waals surface area contributed by atoms with Gasteiger partial charge >= 0.3 is 6.09 Å². The van der Waals surface area contributed by atoms with Crippen molar-refractivity contribution in [2.24, 2.45) is 11.8 Å². The zero-order valence-electron chi connectivity index (χ0n) is 29.6. The van der Waals surface area contributed by atoms with Crippen molar-refractivity contribution in [2.75, 3.05) is 43.2 Å². The molecule has 2 aromatic rings. The van der Waals surface area contributed by atoms with Crippen molar-refractivity contribution in [1.82, 2.24) is 10.2 Å². The summed E-state index contributed by atoms with van der Waals surface area (Å²) >= 11 is 0. The summed E-state index contributed by atoms with van der Waals surface area (Å²) in [6.07, 6.45) is 3.82. The standard InChI is InChI=1S/C38H50N4O7.H2/c1-37(2,3)49-36(46)40-22-25(33(43)39-30-16-12-24-10-7-8-11-29(24)30)20-26(23-40)34(44)42(27-13-14-27)28-15-17-32-31(21-28)41(18-9-19-47-6)35(45)38(4,5)48-32;/h7-8,10-11,15,17,21,25-27,30H,9,12-14,16,18-20,22-23H2,1-6H3,(H,39,43);1H/t25-,26+,30+;/m0./s1. The van der Waals surface area contributed by atoms with E-state index in [9.17, 15) is 19.2 Å². The summed E-state index contributed by atoms with van der Waals surface area (Å²) in [5, 5.41) is 3.24. The van der Waals surface area contributed by atoms with Crippen molar-refractivity contribution in [3.8, 4) is 5.75 Å². The molecule has 2 aliphatic heterocycles. The lowest BCUT2D eigenvalue weighted by atomic mass is 9.87. The lowest BCUT2D eigenvalue weighted by Crippen LogP contribution is -2.54. The number of anilines is 2. The fourth-order valence-corrected chi connectivity index (χ4v) is 7.28. The van der Waals surface area contributed by atoms with Gasteiger partial charge in [-0.3, -0.25) is 14.4 Å². The van der Waals surface area contributed by atoms with Gasteiger partial charge in [-0.1, -0.05) is 24.3 Å². The highest BCUT2D eigenvalue weighted by molar-refractivity contribution is 6.04. The van der Waals surface area contributed by atoms with Crippen LogP contribution in [0.15, 0.2) is 42.5 Å². The number of likely N-dealkylation sites (tertiary alicyclic amines) is 1. The fourth-order valence-electron chi connectivity index (χ4n) is 7.28. The predicted octanol–water partition coefficient (Wildman–Crippen LogP) is 5.65. The van der Waals surface area contributed by atoms with E-state index in [4.69, 9.17) is 14.2 Å². The van der Waals surface area contributed by atoms with E-state index in [0.717, 1.165) is 31.2 Å². The molecule has 2 aliphatic carbocycles. The maximum absolute atomic E-state index is 14.6. The van der Waals surface area contributed by atoms with Gasteiger partial charge in [0, 0.05) is 46.5 Å². The Balaban J connectivity index is 0.00000486. The van der Waals surface area contributed by atoms with Gasteiger partial charge in [0.05, 0.1) is 23.6 Å². The molecule has 2 fully saturated rings. The van der Waals surface area contributed by atoms with Crippen LogP contribution in [0, 0.1) is 11.8 Å². The Kier molecular flexibility index (Phi) is 9.68. The third-order valence-corrected chi connectivity index (χ3v) is 9.79. The summed E-state index contributed by atoms with van der Waals surface area (Å²) < 4.78 is 17.1. The van der Waals surface area contributed by atoms with E-state index < -0.39 is 29.1 Å². The average Bonchev–Trinajstić information content (AvgIpc) is 3.81. The highest BCUT2D eigenvalue weighted by Crippen LogP contribution is 2.43. The van der Waals surface area contributed by atoms with Gasteiger partial charge in [-0.05, 0) is 102 Å². The molecule has 0 spiro atoms. The van der Waals surface area contributed by atoms with Crippen molar-refractivity contribution in [2.45, 2.75) is 96.4 Å². The van der Waals surface area contributed by atoms with Gasteiger partial charge in [-0.15, -0.1) is 0 Å². The van der Waals surface area contributed by atoms with E-state index >= 15 is 0 Å². The molecule has 11 heteroatoms. The van der Waals surface area contributed by atoms with Crippen LogP contribution >= 0.6 is 0 Å². The molecular formula is C38H52N4O7. The number of aryl methyl sites for hydroxylation is 1. The molecule has 1 N–H and O–H groups in total. The second kappa shape index (κ2) is 13.7. The summed E-state index contributed by atoms with van der Waals surface area (Å²) in [6, 6.07) is 13.6. The van der Waals surface area contributed by atoms with Crippen molar-refractivity contribution in [1.29, 1.82) is 0 Å². The molecule has 4 amide bonds. The third kappa shape index (κ3) is 7.56. The number of benzene rings is 2. The molecule has 0 unspecified atom stereocenters. The number of hydrogen-bond donors (Lipinski definition) is 1. The van der Waals surface area contributed by atoms with Crippen LogP contribution in [-0.2, 0) is 30.3 Å². The molecular weight excluding hydrogens is 624 g/mol. The van der Waals surface area contributed by atoms with Crippen molar-refractivity contribution < 1.29 is 34.8 Å². The van der Waals surface area contributed by atoms with Crippen molar-refractivity contribution in [3.05, 3.63) is 53.6 Å². The molecule has 266 valence electrons. The summed E-state index contributed by atoms with van der Waals surface area (Å²) in [5.74, 6) is -1.10. The molecule has 2 heterocycles. The molecule has 49 heavy (non-hydrogen) atoms. The Morgan fingerprint density at radius 3 is 2.51 bits per heavy atom. The number of piperidine rings is 1. The molecule has 1 saturated heterocycles. The number of methoxy groups -OCH3 is 1. The van der Waals surface area contributed by atoms with E-state index in [1.165, 1.54) is 10.5 Å². The zero-order chi connectivity index (χ0) is 35.1. The van der Waals surface area contributed by atoms with Gasteiger partial charge < -0.3 is 34.2 Å². The summed E-state index contributed by atoms with van der Waals surface area (Å²) in [6.45, 7) is 10.2. The molecule has 2 aromatic carbocycles. The Morgan fingerprint density at radius 1 is 1.06 bits per heavy atom. The first-order valence-electron chi connectivity index (χ1n) is 17.6. The minimum Gasteiger partial charge on any atom is -0.476 e. The molecule has 0 radical (unpaired) electrons. The zero-order valence-corrected chi connectivity index (χ0v) is 29.6. The lowest BCUT2D eigenvalue weighted by molar-refractivity contribution is -0.133. The van der Waals surface area contributed by atoms with E-state index in [1.54, 1.807) is 46.6 Å². The quantitative estimate of drug-likeness (QED) is 0.342. The lowest BCUT2D eigenvalue weighted by Gasteiger charge is -2.40. The van der Waals surface area contributed by atoms with Gasteiger partial charge in [0.2, 0.25) is 11.8 Å². The Morgan fingerprint density at radius 2 is 1.80 bits per heavy atom. The summed E-state index contributed by atoms with van der Waals surface area (Å²) in [4.78, 5) is 60.5. The average molecular weight is 677 g/mol. The third-order valence-electron chi connectivity index (χ3n) is 9.79. The Hall–Kier alpha value is -4.12. The topological polar surface area (TPSA) is 118 Å². The van der Waals surface area contributed by atoms with Gasteiger partial charge in [-0.25, -0.2) is 4.79 Å².